The summed E-state index contributed by atoms with van der Waals surface area (Å²) in [4.78, 5) is 2.41. The predicted molar refractivity (Wildman–Crippen MR) is 74.9 cm³/mol. The Kier molecular flexibility index (Phi) is 5.02. The third kappa shape index (κ3) is 4.00. The van der Waals surface area contributed by atoms with Crippen LogP contribution in [0.2, 0.25) is 0 Å². The second-order valence-corrected chi connectivity index (χ2v) is 5.26. The number of nitrogens with one attached hydrogen (secondary N) is 1. The van der Waals surface area contributed by atoms with Crippen molar-refractivity contribution in [3.8, 4) is 5.75 Å². The van der Waals surface area contributed by atoms with Crippen molar-refractivity contribution in [2.45, 2.75) is 19.4 Å². The Balaban J connectivity index is 1.83. The molecular formula is C15H24N2O. The molecule has 0 bridgehead atoms. The zero-order valence-electron chi connectivity index (χ0n) is 11.5. The van der Waals surface area contributed by atoms with Gasteiger partial charge in [-0.25, -0.2) is 0 Å². The molecule has 1 aliphatic rings. The summed E-state index contributed by atoms with van der Waals surface area (Å²) in [6, 6.07) is 8.34. The summed E-state index contributed by atoms with van der Waals surface area (Å²) >= 11 is 0. The van der Waals surface area contributed by atoms with E-state index in [9.17, 15) is 0 Å². The minimum atomic E-state index is 0.800. The Bertz CT molecular complexity index is 361. The lowest BCUT2D eigenvalue weighted by Gasteiger charge is -2.27. The highest BCUT2D eigenvalue weighted by atomic mass is 16.5. The van der Waals surface area contributed by atoms with Crippen LogP contribution in [0.3, 0.4) is 0 Å². The van der Waals surface area contributed by atoms with Crippen LogP contribution >= 0.6 is 0 Å². The maximum atomic E-state index is 5.26. The van der Waals surface area contributed by atoms with Gasteiger partial charge in [0, 0.05) is 13.1 Å². The molecule has 0 spiro atoms. The second kappa shape index (κ2) is 6.76. The average molecular weight is 248 g/mol. The first kappa shape index (κ1) is 13.4. The van der Waals surface area contributed by atoms with Crippen molar-refractivity contribution in [2.24, 2.45) is 5.92 Å². The van der Waals surface area contributed by atoms with Crippen LogP contribution in [0.1, 0.15) is 18.4 Å². The highest BCUT2D eigenvalue weighted by molar-refractivity contribution is 5.28. The number of piperidine rings is 1. The molecule has 1 unspecified atom stereocenters. The van der Waals surface area contributed by atoms with E-state index >= 15 is 0 Å². The molecule has 1 aromatic rings. The maximum absolute atomic E-state index is 5.26. The molecule has 1 atom stereocenters. The zero-order valence-corrected chi connectivity index (χ0v) is 11.5. The molecule has 1 fully saturated rings. The number of hydrogen-bond donors (Lipinski definition) is 1. The molecule has 100 valence electrons. The molecule has 3 nitrogen and oxygen atoms in total. The maximum Gasteiger partial charge on any atom is 0.119 e. The standard InChI is InChI=1S/C15H24N2O/c1-17(12-14-6-4-8-16-10-14)11-13-5-3-7-15(9-13)18-2/h3,5,7,9,14,16H,4,6,8,10-12H2,1-2H3. The minimum Gasteiger partial charge on any atom is -0.497 e. The number of rotatable bonds is 5. The Hall–Kier alpha value is -1.06. The monoisotopic (exact) mass is 248 g/mol. The van der Waals surface area contributed by atoms with Gasteiger partial charge in [-0.3, -0.25) is 0 Å². The Labute approximate surface area is 110 Å². The molecule has 0 radical (unpaired) electrons. The van der Waals surface area contributed by atoms with Crippen LogP contribution in [0.25, 0.3) is 0 Å². The van der Waals surface area contributed by atoms with Gasteiger partial charge in [-0.2, -0.15) is 0 Å². The van der Waals surface area contributed by atoms with Crippen molar-refractivity contribution in [2.75, 3.05) is 33.8 Å². The second-order valence-electron chi connectivity index (χ2n) is 5.26. The number of benzene rings is 1. The van der Waals surface area contributed by atoms with E-state index in [-0.39, 0.29) is 0 Å². The summed E-state index contributed by atoms with van der Waals surface area (Å²) in [7, 11) is 3.92. The molecule has 1 N–H and O–H groups in total. The molecule has 0 amide bonds. The molecule has 0 aromatic heterocycles. The van der Waals surface area contributed by atoms with E-state index in [1.807, 2.05) is 6.07 Å². The Morgan fingerprint density at radius 3 is 3.06 bits per heavy atom. The van der Waals surface area contributed by atoms with Crippen LogP contribution in [-0.2, 0) is 6.54 Å². The Morgan fingerprint density at radius 1 is 1.44 bits per heavy atom. The molecule has 0 aliphatic carbocycles. The van der Waals surface area contributed by atoms with E-state index in [4.69, 9.17) is 4.74 Å². The summed E-state index contributed by atoms with van der Waals surface area (Å²) in [5.74, 6) is 1.74. The van der Waals surface area contributed by atoms with Gasteiger partial charge in [0.25, 0.3) is 0 Å². The summed E-state index contributed by atoms with van der Waals surface area (Å²) in [6.45, 7) is 4.52. The quantitative estimate of drug-likeness (QED) is 0.864. The molecule has 1 heterocycles. The first-order valence-corrected chi connectivity index (χ1v) is 6.80. The van der Waals surface area contributed by atoms with E-state index in [1.54, 1.807) is 7.11 Å². The third-order valence-corrected chi connectivity index (χ3v) is 3.56. The van der Waals surface area contributed by atoms with Gasteiger partial charge in [0.15, 0.2) is 0 Å². The molecule has 1 saturated heterocycles. The van der Waals surface area contributed by atoms with Gasteiger partial charge in [0.05, 0.1) is 7.11 Å². The van der Waals surface area contributed by atoms with Crippen molar-refractivity contribution in [1.29, 1.82) is 0 Å². The zero-order chi connectivity index (χ0) is 12.8. The number of methoxy groups -OCH3 is 1. The molecule has 2 rings (SSSR count). The van der Waals surface area contributed by atoms with Gasteiger partial charge in [-0.15, -0.1) is 0 Å². The van der Waals surface area contributed by atoms with Crippen molar-refractivity contribution >= 4 is 0 Å². The van der Waals surface area contributed by atoms with E-state index < -0.39 is 0 Å². The van der Waals surface area contributed by atoms with E-state index in [2.05, 4.69) is 35.5 Å². The fourth-order valence-electron chi connectivity index (χ4n) is 2.67. The molecular weight excluding hydrogens is 224 g/mol. The first-order chi connectivity index (χ1) is 8.78. The predicted octanol–water partition coefficient (Wildman–Crippen LogP) is 2.13. The lowest BCUT2D eigenvalue weighted by atomic mass is 9.99. The van der Waals surface area contributed by atoms with Crippen LogP contribution in [0.5, 0.6) is 5.75 Å². The number of ether oxygens (including phenoxy) is 1. The SMILES string of the molecule is COc1cccc(CN(C)CC2CCCNC2)c1. The number of hydrogen-bond acceptors (Lipinski definition) is 3. The lowest BCUT2D eigenvalue weighted by molar-refractivity contribution is 0.237. The van der Waals surface area contributed by atoms with Gasteiger partial charge in [-0.1, -0.05) is 12.1 Å². The van der Waals surface area contributed by atoms with Crippen LogP contribution in [0.4, 0.5) is 0 Å². The Morgan fingerprint density at radius 2 is 2.33 bits per heavy atom. The fraction of sp³-hybridized carbons (Fsp3) is 0.600. The minimum absolute atomic E-state index is 0.800. The van der Waals surface area contributed by atoms with Crippen molar-refractivity contribution < 1.29 is 4.74 Å². The smallest absolute Gasteiger partial charge is 0.119 e. The van der Waals surface area contributed by atoms with Crippen LogP contribution in [0.15, 0.2) is 24.3 Å². The summed E-state index contributed by atoms with van der Waals surface area (Å²) in [5, 5.41) is 3.48. The van der Waals surface area contributed by atoms with Crippen molar-refractivity contribution in [1.82, 2.24) is 10.2 Å². The van der Waals surface area contributed by atoms with Gasteiger partial charge >= 0.3 is 0 Å². The largest absolute Gasteiger partial charge is 0.497 e. The third-order valence-electron chi connectivity index (χ3n) is 3.56. The van der Waals surface area contributed by atoms with Crippen LogP contribution in [-0.4, -0.2) is 38.7 Å². The van der Waals surface area contributed by atoms with Gasteiger partial charge in [0.2, 0.25) is 0 Å². The summed E-state index contributed by atoms with van der Waals surface area (Å²) in [5.41, 5.74) is 1.32. The van der Waals surface area contributed by atoms with Crippen molar-refractivity contribution in [3.05, 3.63) is 29.8 Å². The highest BCUT2D eigenvalue weighted by Gasteiger charge is 2.14. The van der Waals surface area contributed by atoms with E-state index in [0.29, 0.717) is 0 Å². The topological polar surface area (TPSA) is 24.5 Å². The average Bonchev–Trinajstić information content (AvgIpc) is 2.40. The van der Waals surface area contributed by atoms with Gasteiger partial charge in [0.1, 0.15) is 5.75 Å². The normalized spacial score (nSPS) is 20.1. The summed E-state index contributed by atoms with van der Waals surface area (Å²) < 4.78 is 5.26. The molecule has 1 aromatic carbocycles. The van der Waals surface area contributed by atoms with Crippen molar-refractivity contribution in [3.63, 3.8) is 0 Å². The molecule has 0 saturated carbocycles. The van der Waals surface area contributed by atoms with Crippen LogP contribution in [0, 0.1) is 5.92 Å². The van der Waals surface area contributed by atoms with E-state index in [0.717, 1.165) is 18.2 Å². The fourth-order valence-corrected chi connectivity index (χ4v) is 2.67. The highest BCUT2D eigenvalue weighted by Crippen LogP contribution is 2.16. The van der Waals surface area contributed by atoms with Gasteiger partial charge in [-0.05, 0) is 56.6 Å². The van der Waals surface area contributed by atoms with Crippen LogP contribution < -0.4 is 10.1 Å². The molecule has 1 aliphatic heterocycles. The summed E-state index contributed by atoms with van der Waals surface area (Å²) in [6.07, 6.45) is 2.67. The number of nitrogens with zero attached hydrogens (tertiary/aromatic N) is 1. The van der Waals surface area contributed by atoms with E-state index in [1.165, 1.54) is 38.0 Å². The lowest BCUT2D eigenvalue weighted by Crippen LogP contribution is -2.36. The molecule has 18 heavy (non-hydrogen) atoms. The van der Waals surface area contributed by atoms with Gasteiger partial charge < -0.3 is 15.0 Å². The molecule has 3 heteroatoms. The first-order valence-electron chi connectivity index (χ1n) is 6.80.